The van der Waals surface area contributed by atoms with Crippen LogP contribution in [0.15, 0.2) is 30.3 Å². The summed E-state index contributed by atoms with van der Waals surface area (Å²) in [7, 11) is 0. The molecule has 1 aromatic rings. The van der Waals surface area contributed by atoms with Gasteiger partial charge in [0.25, 0.3) is 0 Å². The van der Waals surface area contributed by atoms with Gasteiger partial charge in [-0.05, 0) is 12.0 Å². The Bertz CT molecular complexity index is 514. The van der Waals surface area contributed by atoms with Crippen LogP contribution in [0.2, 0.25) is 0 Å². The van der Waals surface area contributed by atoms with Gasteiger partial charge in [-0.3, -0.25) is 4.79 Å². The lowest BCUT2D eigenvalue weighted by molar-refractivity contribution is -0.139. The summed E-state index contributed by atoms with van der Waals surface area (Å²) in [5.41, 5.74) is 0.761. The van der Waals surface area contributed by atoms with Crippen LogP contribution in [0.1, 0.15) is 38.4 Å². The van der Waals surface area contributed by atoms with Crippen LogP contribution in [0.5, 0.6) is 0 Å². The van der Waals surface area contributed by atoms with Crippen molar-refractivity contribution < 1.29 is 14.6 Å². The summed E-state index contributed by atoms with van der Waals surface area (Å²) in [6, 6.07) is 9.46. The zero-order chi connectivity index (χ0) is 15.0. The molecule has 0 spiro atoms. The van der Waals surface area contributed by atoms with E-state index < -0.39 is 6.10 Å². The number of nitrogens with one attached hydrogen (secondary N) is 1. The molecule has 0 radical (unpaired) electrons. The quantitative estimate of drug-likeness (QED) is 0.892. The first-order chi connectivity index (χ1) is 10.00. The molecule has 4 atom stereocenters. The molecule has 2 fully saturated rings. The van der Waals surface area contributed by atoms with Gasteiger partial charge >= 0.3 is 0 Å². The Hall–Kier alpha value is -1.39. The van der Waals surface area contributed by atoms with Gasteiger partial charge in [-0.15, -0.1) is 0 Å². The largest absolute Gasteiger partial charge is 0.388 e. The second-order valence-corrected chi connectivity index (χ2v) is 6.74. The summed E-state index contributed by atoms with van der Waals surface area (Å²) in [6.45, 7) is 5.06. The van der Waals surface area contributed by atoms with Gasteiger partial charge in [0.15, 0.2) is 0 Å². The average molecular weight is 289 g/mol. The van der Waals surface area contributed by atoms with Crippen LogP contribution in [-0.4, -0.2) is 29.8 Å². The molecule has 1 amide bonds. The molecule has 3 rings (SSSR count). The molecule has 0 aromatic heterocycles. The predicted molar refractivity (Wildman–Crippen MR) is 79.6 cm³/mol. The predicted octanol–water partition coefficient (Wildman–Crippen LogP) is 2.04. The maximum absolute atomic E-state index is 12.2. The number of ether oxygens (including phenoxy) is 1. The summed E-state index contributed by atoms with van der Waals surface area (Å²) in [6.07, 6.45) is 0.640. The number of hydrogen-bond donors (Lipinski definition) is 2. The molecule has 4 heteroatoms. The fourth-order valence-corrected chi connectivity index (χ4v) is 3.82. The van der Waals surface area contributed by atoms with E-state index in [1.807, 2.05) is 30.3 Å². The first-order valence-corrected chi connectivity index (χ1v) is 7.64. The Morgan fingerprint density at radius 2 is 2.14 bits per heavy atom. The van der Waals surface area contributed by atoms with E-state index in [1.165, 1.54) is 0 Å². The minimum atomic E-state index is -0.745. The second kappa shape index (κ2) is 5.43. The molecule has 4 nitrogen and oxygen atoms in total. The van der Waals surface area contributed by atoms with E-state index >= 15 is 0 Å². The molecule has 1 aliphatic heterocycles. The average Bonchev–Trinajstić information content (AvgIpc) is 2.93. The van der Waals surface area contributed by atoms with Gasteiger partial charge in [-0.1, -0.05) is 44.2 Å². The van der Waals surface area contributed by atoms with Gasteiger partial charge in [-0.2, -0.15) is 0 Å². The van der Waals surface area contributed by atoms with Crippen molar-refractivity contribution in [2.75, 3.05) is 6.61 Å². The SMILES string of the molecule is CC1(C)C(NC(=O)CC(O)c2ccccc2)C2CCOC21. The minimum Gasteiger partial charge on any atom is -0.388 e. The van der Waals surface area contributed by atoms with E-state index in [1.54, 1.807) is 0 Å². The molecular formula is C17H23NO3. The third kappa shape index (κ3) is 2.58. The fourth-order valence-electron chi connectivity index (χ4n) is 3.82. The molecule has 4 unspecified atom stereocenters. The van der Waals surface area contributed by atoms with E-state index in [0.29, 0.717) is 5.92 Å². The minimum absolute atomic E-state index is 0.0193. The van der Waals surface area contributed by atoms with Crippen LogP contribution in [0.25, 0.3) is 0 Å². The van der Waals surface area contributed by atoms with E-state index in [2.05, 4.69) is 19.2 Å². The number of aliphatic hydroxyl groups is 1. The van der Waals surface area contributed by atoms with E-state index in [-0.39, 0.29) is 29.9 Å². The number of aliphatic hydroxyl groups excluding tert-OH is 1. The molecular weight excluding hydrogens is 266 g/mol. The van der Waals surface area contributed by atoms with Crippen molar-refractivity contribution in [3.05, 3.63) is 35.9 Å². The van der Waals surface area contributed by atoms with Crippen molar-refractivity contribution in [2.24, 2.45) is 11.3 Å². The Labute approximate surface area is 125 Å². The smallest absolute Gasteiger partial charge is 0.223 e. The maximum Gasteiger partial charge on any atom is 0.223 e. The van der Waals surface area contributed by atoms with Gasteiger partial charge in [0.1, 0.15) is 0 Å². The highest BCUT2D eigenvalue weighted by molar-refractivity contribution is 5.77. The number of hydrogen-bond acceptors (Lipinski definition) is 3. The topological polar surface area (TPSA) is 58.6 Å². The zero-order valence-electron chi connectivity index (χ0n) is 12.6. The van der Waals surface area contributed by atoms with Crippen molar-refractivity contribution in [3.63, 3.8) is 0 Å². The second-order valence-electron chi connectivity index (χ2n) is 6.74. The van der Waals surface area contributed by atoms with Crippen molar-refractivity contribution >= 4 is 5.91 Å². The molecule has 2 aliphatic rings. The number of rotatable bonds is 4. The molecule has 0 bridgehead atoms. The molecule has 1 heterocycles. The van der Waals surface area contributed by atoms with Gasteiger partial charge < -0.3 is 15.2 Å². The van der Waals surface area contributed by atoms with E-state index in [0.717, 1.165) is 18.6 Å². The Balaban J connectivity index is 1.57. The molecule has 114 valence electrons. The summed E-state index contributed by atoms with van der Waals surface area (Å²) in [5, 5.41) is 13.2. The normalized spacial score (nSPS) is 31.1. The third-order valence-electron chi connectivity index (χ3n) is 4.98. The van der Waals surface area contributed by atoms with Crippen molar-refractivity contribution in [2.45, 2.75) is 44.9 Å². The molecule has 1 aromatic carbocycles. The summed E-state index contributed by atoms with van der Waals surface area (Å²) in [4.78, 5) is 12.2. The molecule has 1 saturated carbocycles. The number of carbonyl (C=O) groups excluding carboxylic acids is 1. The standard InChI is InChI=1S/C17H23NO3/c1-17(2)15(12-8-9-21-16(12)17)18-14(20)10-13(19)11-6-4-3-5-7-11/h3-7,12-13,15-16,19H,8-10H2,1-2H3,(H,18,20). The van der Waals surface area contributed by atoms with Crippen LogP contribution in [0, 0.1) is 11.3 Å². The lowest BCUT2D eigenvalue weighted by atomic mass is 9.57. The van der Waals surface area contributed by atoms with Gasteiger partial charge in [0.05, 0.1) is 18.6 Å². The summed E-state index contributed by atoms with van der Waals surface area (Å²) in [5.74, 6) is 0.340. The number of fused-ring (bicyclic) bond motifs is 1. The van der Waals surface area contributed by atoms with E-state index in [4.69, 9.17) is 4.74 Å². The molecule has 2 N–H and O–H groups in total. The zero-order valence-corrected chi connectivity index (χ0v) is 12.6. The lowest BCUT2D eigenvalue weighted by Crippen LogP contribution is -2.66. The Morgan fingerprint density at radius 1 is 1.43 bits per heavy atom. The van der Waals surface area contributed by atoms with Crippen LogP contribution in [0.4, 0.5) is 0 Å². The fraction of sp³-hybridized carbons (Fsp3) is 0.588. The van der Waals surface area contributed by atoms with Crippen LogP contribution >= 0.6 is 0 Å². The van der Waals surface area contributed by atoms with E-state index in [9.17, 15) is 9.90 Å². The number of benzene rings is 1. The van der Waals surface area contributed by atoms with Crippen molar-refractivity contribution in [1.82, 2.24) is 5.32 Å². The van der Waals surface area contributed by atoms with Crippen LogP contribution in [0.3, 0.4) is 0 Å². The van der Waals surface area contributed by atoms with Crippen LogP contribution in [-0.2, 0) is 9.53 Å². The first-order valence-electron chi connectivity index (χ1n) is 7.64. The number of carbonyl (C=O) groups is 1. The Morgan fingerprint density at radius 3 is 2.86 bits per heavy atom. The lowest BCUT2D eigenvalue weighted by Gasteiger charge is -2.54. The first kappa shape index (κ1) is 14.5. The maximum atomic E-state index is 12.2. The Kier molecular flexibility index (Phi) is 3.76. The highest BCUT2D eigenvalue weighted by Gasteiger charge is 2.59. The van der Waals surface area contributed by atoms with Crippen molar-refractivity contribution in [1.29, 1.82) is 0 Å². The number of amides is 1. The summed E-state index contributed by atoms with van der Waals surface area (Å²) >= 11 is 0. The van der Waals surface area contributed by atoms with Gasteiger partial charge in [-0.25, -0.2) is 0 Å². The summed E-state index contributed by atoms with van der Waals surface area (Å²) < 4.78 is 5.73. The highest BCUT2D eigenvalue weighted by atomic mass is 16.5. The van der Waals surface area contributed by atoms with Crippen LogP contribution < -0.4 is 5.32 Å². The van der Waals surface area contributed by atoms with Crippen molar-refractivity contribution in [3.8, 4) is 0 Å². The monoisotopic (exact) mass is 289 g/mol. The third-order valence-corrected chi connectivity index (χ3v) is 4.98. The van der Waals surface area contributed by atoms with Gasteiger partial charge in [0.2, 0.25) is 5.91 Å². The molecule has 21 heavy (non-hydrogen) atoms. The van der Waals surface area contributed by atoms with Gasteiger partial charge in [0, 0.05) is 24.0 Å². The molecule has 1 saturated heterocycles. The molecule has 1 aliphatic carbocycles. The highest BCUT2D eigenvalue weighted by Crippen LogP contribution is 2.52.